The first-order valence-corrected chi connectivity index (χ1v) is 7.03. The van der Waals surface area contributed by atoms with E-state index in [1.807, 2.05) is 0 Å². The number of hydrogen-bond donors (Lipinski definition) is 2. The zero-order valence-electron chi connectivity index (χ0n) is 11.4. The van der Waals surface area contributed by atoms with E-state index in [1.165, 1.54) is 25.7 Å². The number of aromatic nitrogens is 1. The lowest BCUT2D eigenvalue weighted by atomic mass is 9.89. The minimum atomic E-state index is -0.106. The molecule has 2 rings (SSSR count). The van der Waals surface area contributed by atoms with Crippen LogP contribution in [0.3, 0.4) is 0 Å². The average Bonchev–Trinajstić information content (AvgIpc) is 2.83. The molecule has 0 saturated heterocycles. The first-order chi connectivity index (χ1) is 9.04. The van der Waals surface area contributed by atoms with E-state index in [0.717, 1.165) is 6.54 Å². The summed E-state index contributed by atoms with van der Waals surface area (Å²) in [7, 11) is 1.74. The predicted molar refractivity (Wildman–Crippen MR) is 77.7 cm³/mol. The average molecular weight is 282 g/mol. The van der Waals surface area contributed by atoms with Crippen LogP contribution in [-0.2, 0) is 0 Å². The Labute approximate surface area is 118 Å². The predicted octanol–water partition coefficient (Wildman–Crippen LogP) is 3.09. The minimum absolute atomic E-state index is 0.106. The van der Waals surface area contributed by atoms with Gasteiger partial charge in [0, 0.05) is 19.8 Å². The Morgan fingerprint density at radius 2 is 2.16 bits per heavy atom. The van der Waals surface area contributed by atoms with Gasteiger partial charge in [-0.25, -0.2) is 4.98 Å². The van der Waals surface area contributed by atoms with Crippen LogP contribution >= 0.6 is 11.6 Å². The molecule has 5 heteroatoms. The van der Waals surface area contributed by atoms with Gasteiger partial charge in [-0.3, -0.25) is 4.79 Å². The van der Waals surface area contributed by atoms with Crippen LogP contribution in [-0.4, -0.2) is 24.5 Å². The number of pyridine rings is 1. The molecule has 0 bridgehead atoms. The number of amides is 1. The summed E-state index contributed by atoms with van der Waals surface area (Å²) in [5.41, 5.74) is 0.753. The fourth-order valence-corrected chi connectivity index (χ4v) is 2.81. The molecular formula is C14H20ClN3O. The summed E-state index contributed by atoms with van der Waals surface area (Å²) >= 11 is 6.02. The second-order valence-electron chi connectivity index (χ2n) is 5.50. The summed E-state index contributed by atoms with van der Waals surface area (Å²) in [5, 5.41) is 6.32. The highest BCUT2D eigenvalue weighted by Crippen LogP contribution is 2.36. The van der Waals surface area contributed by atoms with Gasteiger partial charge >= 0.3 is 0 Å². The number of carbonyl (C=O) groups excluding carboxylic acids is 1. The van der Waals surface area contributed by atoms with Crippen LogP contribution in [0.15, 0.2) is 12.3 Å². The Hall–Kier alpha value is -1.29. The lowest BCUT2D eigenvalue weighted by Crippen LogP contribution is -2.34. The molecule has 1 heterocycles. The van der Waals surface area contributed by atoms with E-state index in [9.17, 15) is 4.79 Å². The first kappa shape index (κ1) is 14.1. The summed E-state index contributed by atoms with van der Waals surface area (Å²) in [6.45, 7) is 2.95. The van der Waals surface area contributed by atoms with Crippen molar-refractivity contribution < 1.29 is 4.79 Å². The van der Waals surface area contributed by atoms with Crippen LogP contribution in [0.2, 0.25) is 5.02 Å². The van der Waals surface area contributed by atoms with E-state index in [-0.39, 0.29) is 11.3 Å². The normalized spacial score (nSPS) is 17.2. The molecule has 0 aliphatic heterocycles. The van der Waals surface area contributed by atoms with Crippen LogP contribution in [0.1, 0.15) is 43.0 Å². The van der Waals surface area contributed by atoms with Crippen molar-refractivity contribution in [3.63, 3.8) is 0 Å². The lowest BCUT2D eigenvalue weighted by Gasteiger charge is -2.23. The largest absolute Gasteiger partial charge is 0.372 e. The molecule has 0 spiro atoms. The van der Waals surface area contributed by atoms with Crippen molar-refractivity contribution in [1.29, 1.82) is 0 Å². The van der Waals surface area contributed by atoms with Crippen LogP contribution in [0, 0.1) is 5.41 Å². The Balaban J connectivity index is 1.98. The molecule has 2 N–H and O–H groups in total. The van der Waals surface area contributed by atoms with Crippen molar-refractivity contribution in [3.8, 4) is 0 Å². The van der Waals surface area contributed by atoms with Gasteiger partial charge in [0.1, 0.15) is 5.82 Å². The number of carbonyl (C=O) groups is 1. The van der Waals surface area contributed by atoms with Crippen molar-refractivity contribution in [2.75, 3.05) is 18.9 Å². The van der Waals surface area contributed by atoms with E-state index >= 15 is 0 Å². The summed E-state index contributed by atoms with van der Waals surface area (Å²) in [4.78, 5) is 16.2. The highest BCUT2D eigenvalue weighted by Gasteiger charge is 2.29. The zero-order chi connectivity index (χ0) is 13.9. The summed E-state index contributed by atoms with van der Waals surface area (Å²) in [6, 6.07) is 1.65. The molecule has 1 saturated carbocycles. The van der Waals surface area contributed by atoms with Gasteiger partial charge in [-0.15, -0.1) is 0 Å². The summed E-state index contributed by atoms with van der Waals surface area (Å²) < 4.78 is 0. The lowest BCUT2D eigenvalue weighted by molar-refractivity contribution is 0.0934. The molecule has 1 aliphatic rings. The third-order valence-electron chi connectivity index (χ3n) is 3.83. The number of nitrogens with one attached hydrogen (secondary N) is 2. The molecule has 1 aliphatic carbocycles. The van der Waals surface area contributed by atoms with Gasteiger partial charge in [0.2, 0.25) is 0 Å². The number of anilines is 1. The highest BCUT2D eigenvalue weighted by atomic mass is 35.5. The second-order valence-corrected chi connectivity index (χ2v) is 5.91. The van der Waals surface area contributed by atoms with Gasteiger partial charge in [0.05, 0.1) is 10.6 Å². The first-order valence-electron chi connectivity index (χ1n) is 6.66. The SMILES string of the molecule is CNc1ncc(C(=O)NCC2(C)CCCC2)cc1Cl. The molecule has 1 aromatic heterocycles. The number of nitrogens with zero attached hydrogens (tertiary/aromatic N) is 1. The molecule has 0 aromatic carbocycles. The Morgan fingerprint density at radius 3 is 2.74 bits per heavy atom. The molecule has 104 valence electrons. The minimum Gasteiger partial charge on any atom is -0.372 e. The molecule has 1 fully saturated rings. The van der Waals surface area contributed by atoms with Crippen molar-refractivity contribution in [2.24, 2.45) is 5.41 Å². The zero-order valence-corrected chi connectivity index (χ0v) is 12.2. The summed E-state index contributed by atoms with van der Waals surface area (Å²) in [5.74, 6) is 0.478. The monoisotopic (exact) mass is 281 g/mol. The molecule has 19 heavy (non-hydrogen) atoms. The molecule has 0 unspecified atom stereocenters. The molecule has 0 radical (unpaired) electrons. The third kappa shape index (κ3) is 3.38. The number of hydrogen-bond acceptors (Lipinski definition) is 3. The van der Waals surface area contributed by atoms with E-state index in [4.69, 9.17) is 11.6 Å². The quantitative estimate of drug-likeness (QED) is 0.892. The fraction of sp³-hybridized carbons (Fsp3) is 0.571. The van der Waals surface area contributed by atoms with E-state index in [0.29, 0.717) is 16.4 Å². The Kier molecular flexibility index (Phi) is 4.30. The topological polar surface area (TPSA) is 54.0 Å². The molecule has 1 amide bonds. The van der Waals surface area contributed by atoms with Crippen LogP contribution in [0.4, 0.5) is 5.82 Å². The maximum absolute atomic E-state index is 12.1. The van der Waals surface area contributed by atoms with Crippen LogP contribution in [0.5, 0.6) is 0 Å². The van der Waals surface area contributed by atoms with Gasteiger partial charge in [-0.2, -0.15) is 0 Å². The van der Waals surface area contributed by atoms with Crippen molar-refractivity contribution >= 4 is 23.3 Å². The Morgan fingerprint density at radius 1 is 1.47 bits per heavy atom. The van der Waals surface area contributed by atoms with Gasteiger partial charge in [-0.05, 0) is 24.3 Å². The van der Waals surface area contributed by atoms with E-state index in [1.54, 1.807) is 19.3 Å². The molecular weight excluding hydrogens is 262 g/mol. The van der Waals surface area contributed by atoms with Crippen LogP contribution in [0.25, 0.3) is 0 Å². The van der Waals surface area contributed by atoms with Crippen molar-refractivity contribution in [2.45, 2.75) is 32.6 Å². The molecule has 4 nitrogen and oxygen atoms in total. The molecule has 1 aromatic rings. The smallest absolute Gasteiger partial charge is 0.252 e. The maximum Gasteiger partial charge on any atom is 0.252 e. The van der Waals surface area contributed by atoms with Crippen molar-refractivity contribution in [3.05, 3.63) is 22.8 Å². The second kappa shape index (κ2) is 5.78. The highest BCUT2D eigenvalue weighted by molar-refractivity contribution is 6.33. The van der Waals surface area contributed by atoms with Gasteiger partial charge < -0.3 is 10.6 Å². The number of rotatable bonds is 4. The number of halogens is 1. The fourth-order valence-electron chi connectivity index (χ4n) is 2.55. The van der Waals surface area contributed by atoms with Crippen molar-refractivity contribution in [1.82, 2.24) is 10.3 Å². The molecule has 0 atom stereocenters. The Bertz CT molecular complexity index is 470. The van der Waals surface area contributed by atoms with E-state index < -0.39 is 0 Å². The standard InChI is InChI=1S/C14H20ClN3O/c1-14(5-3-4-6-14)9-18-13(19)10-7-11(15)12(16-2)17-8-10/h7-8H,3-6,9H2,1-2H3,(H,16,17)(H,18,19). The van der Waals surface area contributed by atoms with Gasteiger partial charge in [0.25, 0.3) is 5.91 Å². The van der Waals surface area contributed by atoms with Gasteiger partial charge in [-0.1, -0.05) is 31.4 Å². The van der Waals surface area contributed by atoms with Crippen LogP contribution < -0.4 is 10.6 Å². The third-order valence-corrected chi connectivity index (χ3v) is 4.11. The summed E-state index contributed by atoms with van der Waals surface area (Å²) in [6.07, 6.45) is 6.44. The van der Waals surface area contributed by atoms with Gasteiger partial charge in [0.15, 0.2) is 0 Å². The van der Waals surface area contributed by atoms with E-state index in [2.05, 4.69) is 22.5 Å². The maximum atomic E-state index is 12.1.